The number of aromatic nitrogens is 1. The highest BCUT2D eigenvalue weighted by molar-refractivity contribution is 5.97. The number of carbonyl (C=O) groups excluding carboxylic acids is 1. The Hall–Kier alpha value is -2.51. The summed E-state index contributed by atoms with van der Waals surface area (Å²) in [5.74, 6) is -0.394. The Morgan fingerprint density at radius 1 is 1.13 bits per heavy atom. The fourth-order valence-electron chi connectivity index (χ4n) is 4.43. The standard InChI is InChI=1S/C24H31FN4O2/c1-24(2,31)22-7-5-20(16-26-22)29-9-8-17(23(29)30)14-18-15-19(25)4-6-21(18)28-12-10-27(3)11-13-28/h4-7,15-17,31H,8-14H2,1-3H3/t17-/m1/s1. The van der Waals surface area contributed by atoms with Crippen molar-refractivity contribution in [3.63, 3.8) is 0 Å². The van der Waals surface area contributed by atoms with E-state index in [0.29, 0.717) is 18.7 Å². The summed E-state index contributed by atoms with van der Waals surface area (Å²) in [6.07, 6.45) is 2.90. The summed E-state index contributed by atoms with van der Waals surface area (Å²) in [6, 6.07) is 8.54. The zero-order valence-electron chi connectivity index (χ0n) is 18.5. The maximum absolute atomic E-state index is 14.1. The number of likely N-dealkylation sites (N-methyl/N-ethyl adjacent to an activating group) is 1. The lowest BCUT2D eigenvalue weighted by molar-refractivity contribution is -0.120. The number of hydrogen-bond donors (Lipinski definition) is 1. The number of benzene rings is 1. The maximum atomic E-state index is 14.1. The molecule has 31 heavy (non-hydrogen) atoms. The molecular formula is C24H31FN4O2. The van der Waals surface area contributed by atoms with Gasteiger partial charge in [-0.15, -0.1) is 0 Å². The van der Waals surface area contributed by atoms with E-state index >= 15 is 0 Å². The van der Waals surface area contributed by atoms with E-state index in [2.05, 4.69) is 21.8 Å². The van der Waals surface area contributed by atoms with Crippen LogP contribution in [0.5, 0.6) is 0 Å². The second kappa shape index (κ2) is 8.55. The van der Waals surface area contributed by atoms with Gasteiger partial charge >= 0.3 is 0 Å². The molecule has 1 aromatic heterocycles. The minimum atomic E-state index is -1.02. The van der Waals surface area contributed by atoms with E-state index < -0.39 is 5.60 Å². The number of carbonyl (C=O) groups is 1. The van der Waals surface area contributed by atoms with Crippen molar-refractivity contribution in [2.45, 2.75) is 32.3 Å². The van der Waals surface area contributed by atoms with Crippen LogP contribution >= 0.6 is 0 Å². The molecule has 4 rings (SSSR count). The van der Waals surface area contributed by atoms with E-state index in [9.17, 15) is 14.3 Å². The van der Waals surface area contributed by atoms with Crippen LogP contribution in [0.1, 0.15) is 31.5 Å². The average molecular weight is 427 g/mol. The number of amides is 1. The van der Waals surface area contributed by atoms with Crippen molar-refractivity contribution < 1.29 is 14.3 Å². The first kappa shape index (κ1) is 21.7. The molecule has 0 radical (unpaired) electrons. The van der Waals surface area contributed by atoms with Crippen LogP contribution in [0.15, 0.2) is 36.5 Å². The normalized spacial score (nSPS) is 20.5. The van der Waals surface area contributed by atoms with Gasteiger partial charge in [0, 0.05) is 44.3 Å². The largest absolute Gasteiger partial charge is 0.384 e. The Labute approximate surface area is 183 Å². The number of halogens is 1. The summed E-state index contributed by atoms with van der Waals surface area (Å²) in [5.41, 5.74) is 2.22. The second-order valence-electron chi connectivity index (χ2n) is 9.20. The molecule has 2 saturated heterocycles. The van der Waals surface area contributed by atoms with Gasteiger partial charge in [-0.3, -0.25) is 9.78 Å². The predicted octanol–water partition coefficient (Wildman–Crippen LogP) is 2.80. The number of anilines is 2. The Balaban J connectivity index is 1.49. The smallest absolute Gasteiger partial charge is 0.230 e. The van der Waals surface area contributed by atoms with Crippen LogP contribution in [0.4, 0.5) is 15.8 Å². The molecule has 166 valence electrons. The zero-order chi connectivity index (χ0) is 22.2. The minimum absolute atomic E-state index is 0.0476. The van der Waals surface area contributed by atoms with E-state index in [0.717, 1.165) is 49.5 Å². The monoisotopic (exact) mass is 426 g/mol. The summed E-state index contributed by atoms with van der Waals surface area (Å²) in [7, 11) is 2.11. The zero-order valence-corrected chi connectivity index (χ0v) is 18.5. The van der Waals surface area contributed by atoms with E-state index in [-0.39, 0.29) is 17.6 Å². The first-order valence-electron chi connectivity index (χ1n) is 10.9. The van der Waals surface area contributed by atoms with Crippen molar-refractivity contribution in [1.29, 1.82) is 0 Å². The third-order valence-electron chi connectivity index (χ3n) is 6.35. The van der Waals surface area contributed by atoms with Gasteiger partial charge in [0.15, 0.2) is 0 Å². The Bertz CT molecular complexity index is 934. The number of nitrogens with zero attached hydrogens (tertiary/aromatic N) is 4. The van der Waals surface area contributed by atoms with Crippen molar-refractivity contribution in [2.24, 2.45) is 5.92 Å². The SMILES string of the molecule is CN1CCN(c2ccc(F)cc2C[C@H]2CCN(c3ccc(C(C)(C)O)nc3)C2=O)CC1. The van der Waals surface area contributed by atoms with Crippen LogP contribution < -0.4 is 9.80 Å². The molecule has 7 heteroatoms. The fraction of sp³-hybridized carbons (Fsp3) is 0.500. The number of rotatable bonds is 5. The van der Waals surface area contributed by atoms with Gasteiger partial charge in [-0.25, -0.2) is 4.39 Å². The highest BCUT2D eigenvalue weighted by atomic mass is 19.1. The summed E-state index contributed by atoms with van der Waals surface area (Å²) < 4.78 is 14.1. The molecule has 0 unspecified atom stereocenters. The predicted molar refractivity (Wildman–Crippen MR) is 120 cm³/mol. The first-order chi connectivity index (χ1) is 14.7. The van der Waals surface area contributed by atoms with Gasteiger partial charge in [0.25, 0.3) is 0 Å². The number of pyridine rings is 1. The van der Waals surface area contributed by atoms with Gasteiger partial charge in [0.1, 0.15) is 11.4 Å². The minimum Gasteiger partial charge on any atom is -0.384 e. The van der Waals surface area contributed by atoms with Crippen LogP contribution in [-0.2, 0) is 16.8 Å². The van der Waals surface area contributed by atoms with Crippen molar-refractivity contribution in [2.75, 3.05) is 49.6 Å². The van der Waals surface area contributed by atoms with Gasteiger partial charge in [-0.2, -0.15) is 0 Å². The van der Waals surface area contributed by atoms with Gasteiger partial charge in [0.2, 0.25) is 5.91 Å². The Kier molecular flexibility index (Phi) is 5.99. The second-order valence-corrected chi connectivity index (χ2v) is 9.20. The molecule has 2 aliphatic heterocycles. The molecule has 2 aliphatic rings. The van der Waals surface area contributed by atoms with Gasteiger partial charge in [0.05, 0.1) is 17.6 Å². The van der Waals surface area contributed by atoms with Gasteiger partial charge in [-0.05, 0) is 69.6 Å². The van der Waals surface area contributed by atoms with E-state index in [1.807, 2.05) is 12.1 Å². The molecule has 0 spiro atoms. The first-order valence-corrected chi connectivity index (χ1v) is 10.9. The third kappa shape index (κ3) is 4.72. The quantitative estimate of drug-likeness (QED) is 0.797. The summed E-state index contributed by atoms with van der Waals surface area (Å²) in [5, 5.41) is 10.1. The Morgan fingerprint density at radius 2 is 1.87 bits per heavy atom. The maximum Gasteiger partial charge on any atom is 0.230 e. The van der Waals surface area contributed by atoms with E-state index in [1.54, 1.807) is 37.1 Å². The summed E-state index contributed by atoms with van der Waals surface area (Å²) in [6.45, 7) is 7.73. The lowest BCUT2D eigenvalue weighted by Crippen LogP contribution is -2.44. The molecule has 3 heterocycles. The molecule has 1 amide bonds. The topological polar surface area (TPSA) is 59.9 Å². The van der Waals surface area contributed by atoms with Crippen LogP contribution in [0.2, 0.25) is 0 Å². The molecule has 2 aromatic rings. The number of aliphatic hydroxyl groups is 1. The van der Waals surface area contributed by atoms with Crippen molar-refractivity contribution in [3.8, 4) is 0 Å². The van der Waals surface area contributed by atoms with Crippen molar-refractivity contribution in [3.05, 3.63) is 53.6 Å². The fourth-order valence-corrected chi connectivity index (χ4v) is 4.43. The molecule has 0 aliphatic carbocycles. The van der Waals surface area contributed by atoms with Crippen LogP contribution in [-0.4, -0.2) is 60.7 Å². The Morgan fingerprint density at radius 3 is 2.52 bits per heavy atom. The number of piperazine rings is 1. The molecule has 2 fully saturated rings. The molecule has 1 atom stereocenters. The molecular weight excluding hydrogens is 395 g/mol. The van der Waals surface area contributed by atoms with Gasteiger partial charge < -0.3 is 19.8 Å². The van der Waals surface area contributed by atoms with Crippen molar-refractivity contribution in [1.82, 2.24) is 9.88 Å². The van der Waals surface area contributed by atoms with E-state index in [1.165, 1.54) is 6.07 Å². The van der Waals surface area contributed by atoms with E-state index in [4.69, 9.17) is 0 Å². The average Bonchev–Trinajstić information content (AvgIpc) is 3.09. The van der Waals surface area contributed by atoms with Crippen LogP contribution in [0.25, 0.3) is 0 Å². The lowest BCUT2D eigenvalue weighted by Gasteiger charge is -2.35. The summed E-state index contributed by atoms with van der Waals surface area (Å²) in [4.78, 5) is 23.8. The molecule has 6 nitrogen and oxygen atoms in total. The molecule has 1 N–H and O–H groups in total. The molecule has 0 saturated carbocycles. The molecule has 1 aromatic carbocycles. The van der Waals surface area contributed by atoms with Crippen LogP contribution in [0, 0.1) is 11.7 Å². The number of hydrogen-bond acceptors (Lipinski definition) is 5. The lowest BCUT2D eigenvalue weighted by atomic mass is 9.96. The van der Waals surface area contributed by atoms with Crippen molar-refractivity contribution >= 4 is 17.3 Å². The highest BCUT2D eigenvalue weighted by Crippen LogP contribution is 2.32. The summed E-state index contributed by atoms with van der Waals surface area (Å²) >= 11 is 0. The third-order valence-corrected chi connectivity index (χ3v) is 6.35. The van der Waals surface area contributed by atoms with Crippen LogP contribution in [0.3, 0.4) is 0 Å². The highest BCUT2D eigenvalue weighted by Gasteiger charge is 2.34. The van der Waals surface area contributed by atoms with Gasteiger partial charge in [-0.1, -0.05) is 0 Å². The molecule has 0 bridgehead atoms.